The summed E-state index contributed by atoms with van der Waals surface area (Å²) in [6, 6.07) is 6.12. The summed E-state index contributed by atoms with van der Waals surface area (Å²) in [6.07, 6.45) is 2.23. The zero-order valence-electron chi connectivity index (χ0n) is 15.5. The predicted molar refractivity (Wildman–Crippen MR) is 103 cm³/mol. The lowest BCUT2D eigenvalue weighted by molar-refractivity contribution is -0.116. The molecule has 0 spiro atoms. The zero-order chi connectivity index (χ0) is 18.6. The SMILES string of the molecule is CCCCC(=O)Nc1sc(C)c(-c2ccc(C)c(C)c2)c1C(=O)OC. The number of hydrogen-bond acceptors (Lipinski definition) is 4. The molecule has 0 radical (unpaired) electrons. The maximum Gasteiger partial charge on any atom is 0.341 e. The second-order valence-corrected chi connectivity index (χ2v) is 7.40. The van der Waals surface area contributed by atoms with Crippen LogP contribution in [-0.2, 0) is 9.53 Å². The van der Waals surface area contributed by atoms with Crippen molar-refractivity contribution in [2.24, 2.45) is 0 Å². The fourth-order valence-electron chi connectivity index (χ4n) is 2.70. The molecule has 4 nitrogen and oxygen atoms in total. The normalized spacial score (nSPS) is 10.6. The van der Waals surface area contributed by atoms with Gasteiger partial charge in [0.25, 0.3) is 0 Å². The van der Waals surface area contributed by atoms with Gasteiger partial charge in [-0.1, -0.05) is 31.5 Å². The molecule has 1 aromatic carbocycles. The molecule has 0 bridgehead atoms. The number of amides is 1. The molecule has 5 heteroatoms. The van der Waals surface area contributed by atoms with Gasteiger partial charge in [0.05, 0.1) is 7.11 Å². The molecule has 0 aliphatic heterocycles. The van der Waals surface area contributed by atoms with Crippen molar-refractivity contribution in [2.45, 2.75) is 47.0 Å². The fourth-order valence-corrected chi connectivity index (χ4v) is 3.78. The van der Waals surface area contributed by atoms with Gasteiger partial charge in [-0.2, -0.15) is 0 Å². The minimum Gasteiger partial charge on any atom is -0.465 e. The van der Waals surface area contributed by atoms with Crippen LogP contribution in [0.5, 0.6) is 0 Å². The van der Waals surface area contributed by atoms with E-state index in [1.54, 1.807) is 0 Å². The van der Waals surface area contributed by atoms with Crippen molar-refractivity contribution < 1.29 is 14.3 Å². The van der Waals surface area contributed by atoms with Crippen LogP contribution >= 0.6 is 11.3 Å². The third-order valence-electron chi connectivity index (χ3n) is 4.28. The molecular formula is C20H25NO3S. The Bertz CT molecular complexity index is 792. The number of nitrogens with one attached hydrogen (secondary N) is 1. The number of hydrogen-bond donors (Lipinski definition) is 1. The summed E-state index contributed by atoms with van der Waals surface area (Å²) in [6.45, 7) is 8.11. The second kappa shape index (κ2) is 8.30. The van der Waals surface area contributed by atoms with E-state index in [2.05, 4.69) is 18.3 Å². The van der Waals surface area contributed by atoms with Gasteiger partial charge in [0.15, 0.2) is 0 Å². The number of anilines is 1. The van der Waals surface area contributed by atoms with Crippen LogP contribution in [0.3, 0.4) is 0 Å². The smallest absolute Gasteiger partial charge is 0.341 e. The largest absolute Gasteiger partial charge is 0.465 e. The van der Waals surface area contributed by atoms with Gasteiger partial charge >= 0.3 is 5.97 Å². The highest BCUT2D eigenvalue weighted by Gasteiger charge is 2.25. The van der Waals surface area contributed by atoms with Crippen molar-refractivity contribution in [1.29, 1.82) is 0 Å². The Morgan fingerprint density at radius 1 is 1.16 bits per heavy atom. The first-order valence-electron chi connectivity index (χ1n) is 8.48. The summed E-state index contributed by atoms with van der Waals surface area (Å²) in [4.78, 5) is 25.5. The minimum absolute atomic E-state index is 0.0695. The molecule has 1 heterocycles. The summed E-state index contributed by atoms with van der Waals surface area (Å²) in [5, 5.41) is 3.46. The molecule has 1 N–H and O–H groups in total. The maximum atomic E-state index is 12.4. The van der Waals surface area contributed by atoms with Crippen LogP contribution in [0.2, 0.25) is 0 Å². The van der Waals surface area contributed by atoms with Crippen LogP contribution in [0.4, 0.5) is 5.00 Å². The van der Waals surface area contributed by atoms with E-state index < -0.39 is 5.97 Å². The molecule has 0 unspecified atom stereocenters. The molecule has 0 aliphatic carbocycles. The van der Waals surface area contributed by atoms with Crippen molar-refractivity contribution in [2.75, 3.05) is 12.4 Å². The number of rotatable bonds is 6. The van der Waals surface area contributed by atoms with Crippen LogP contribution in [0, 0.1) is 20.8 Å². The molecule has 2 rings (SSSR count). The molecular weight excluding hydrogens is 334 g/mol. The van der Waals surface area contributed by atoms with Crippen molar-refractivity contribution in [1.82, 2.24) is 0 Å². The summed E-state index contributed by atoms with van der Waals surface area (Å²) >= 11 is 1.42. The van der Waals surface area contributed by atoms with Gasteiger partial charge in [-0.3, -0.25) is 4.79 Å². The first-order chi connectivity index (χ1) is 11.9. The van der Waals surface area contributed by atoms with Gasteiger partial charge in [0.1, 0.15) is 10.6 Å². The summed E-state index contributed by atoms with van der Waals surface area (Å²) in [7, 11) is 1.36. The van der Waals surface area contributed by atoms with E-state index in [1.165, 1.54) is 24.0 Å². The van der Waals surface area contributed by atoms with Crippen molar-refractivity contribution in [3.8, 4) is 11.1 Å². The van der Waals surface area contributed by atoms with Gasteiger partial charge in [-0.25, -0.2) is 4.79 Å². The van der Waals surface area contributed by atoms with Crippen molar-refractivity contribution >= 4 is 28.2 Å². The molecule has 2 aromatic rings. The van der Waals surface area contributed by atoms with Gasteiger partial charge < -0.3 is 10.1 Å². The van der Waals surface area contributed by atoms with Crippen molar-refractivity contribution in [3.05, 3.63) is 39.8 Å². The molecule has 25 heavy (non-hydrogen) atoms. The van der Waals surface area contributed by atoms with E-state index in [1.807, 2.05) is 32.9 Å². The van der Waals surface area contributed by atoms with Crippen LogP contribution in [0.1, 0.15) is 52.5 Å². The molecule has 0 aliphatic rings. The van der Waals surface area contributed by atoms with Crippen LogP contribution < -0.4 is 5.32 Å². The Morgan fingerprint density at radius 2 is 1.88 bits per heavy atom. The maximum absolute atomic E-state index is 12.4. The molecule has 0 saturated carbocycles. The number of thiophene rings is 1. The minimum atomic E-state index is -0.427. The van der Waals surface area contributed by atoms with Crippen LogP contribution in [0.15, 0.2) is 18.2 Å². The molecule has 0 saturated heterocycles. The van der Waals surface area contributed by atoms with E-state index in [4.69, 9.17) is 4.74 Å². The topological polar surface area (TPSA) is 55.4 Å². The standard InChI is InChI=1S/C20H25NO3S/c1-6-7-8-16(22)21-19-18(20(23)24-5)17(14(4)25-19)15-10-9-12(2)13(3)11-15/h9-11H,6-8H2,1-5H3,(H,21,22). The Balaban J connectivity index is 2.50. The third-order valence-corrected chi connectivity index (χ3v) is 5.30. The monoisotopic (exact) mass is 359 g/mol. The average Bonchev–Trinajstić information content (AvgIpc) is 2.90. The molecule has 0 fully saturated rings. The summed E-state index contributed by atoms with van der Waals surface area (Å²) in [5.74, 6) is -0.497. The Labute approximate surface area is 153 Å². The van der Waals surface area contributed by atoms with Gasteiger partial charge in [0, 0.05) is 16.9 Å². The Kier molecular flexibility index (Phi) is 6.37. The zero-order valence-corrected chi connectivity index (χ0v) is 16.3. The number of aryl methyl sites for hydroxylation is 3. The van der Waals surface area contributed by atoms with Crippen LogP contribution in [0.25, 0.3) is 11.1 Å². The number of carbonyl (C=O) groups is 2. The van der Waals surface area contributed by atoms with E-state index >= 15 is 0 Å². The Morgan fingerprint density at radius 3 is 2.48 bits per heavy atom. The first-order valence-corrected chi connectivity index (χ1v) is 9.29. The highest BCUT2D eigenvalue weighted by Crippen LogP contribution is 2.40. The first kappa shape index (κ1) is 19.2. The highest BCUT2D eigenvalue weighted by atomic mass is 32.1. The number of carbonyl (C=O) groups excluding carboxylic acids is 2. The van der Waals surface area contributed by atoms with Gasteiger partial charge in [-0.05, 0) is 43.9 Å². The second-order valence-electron chi connectivity index (χ2n) is 6.18. The molecule has 0 atom stereocenters. The van der Waals surface area contributed by atoms with E-state index in [0.717, 1.165) is 34.4 Å². The number of esters is 1. The van der Waals surface area contributed by atoms with Crippen LogP contribution in [-0.4, -0.2) is 19.0 Å². The van der Waals surface area contributed by atoms with Gasteiger partial charge in [-0.15, -0.1) is 11.3 Å². The fraction of sp³-hybridized carbons (Fsp3) is 0.400. The van der Waals surface area contributed by atoms with Crippen molar-refractivity contribution in [3.63, 3.8) is 0 Å². The van der Waals surface area contributed by atoms with Gasteiger partial charge in [0.2, 0.25) is 5.91 Å². The summed E-state index contributed by atoms with van der Waals surface area (Å²) < 4.78 is 4.99. The Hall–Kier alpha value is -2.14. The van der Waals surface area contributed by atoms with E-state index in [9.17, 15) is 9.59 Å². The number of ether oxygens (including phenoxy) is 1. The van der Waals surface area contributed by atoms with E-state index in [0.29, 0.717) is 17.0 Å². The lowest BCUT2D eigenvalue weighted by Gasteiger charge is -2.09. The quantitative estimate of drug-likeness (QED) is 0.716. The highest BCUT2D eigenvalue weighted by molar-refractivity contribution is 7.17. The molecule has 1 aromatic heterocycles. The number of unbranched alkanes of at least 4 members (excludes halogenated alkanes) is 1. The molecule has 1 amide bonds. The predicted octanol–water partition coefficient (Wildman–Crippen LogP) is 5.26. The number of methoxy groups -OCH3 is 1. The van der Waals surface area contributed by atoms with E-state index in [-0.39, 0.29) is 5.91 Å². The average molecular weight is 359 g/mol. The molecule has 134 valence electrons. The lowest BCUT2D eigenvalue weighted by Crippen LogP contribution is -2.13. The third kappa shape index (κ3) is 4.28. The summed E-state index contributed by atoms with van der Waals surface area (Å²) in [5.41, 5.74) is 4.60. The number of benzene rings is 1. The lowest BCUT2D eigenvalue weighted by atomic mass is 9.97.